The lowest BCUT2D eigenvalue weighted by Gasteiger charge is -2.07. The number of carbonyl (C=O) groups excluding carboxylic acids is 1. The molecule has 0 fully saturated rings. The molecule has 6 heteroatoms. The fourth-order valence-corrected chi connectivity index (χ4v) is 2.63. The molecule has 0 bridgehead atoms. The van der Waals surface area contributed by atoms with Gasteiger partial charge >= 0.3 is 6.09 Å². The number of aliphatic hydroxyl groups excluding tert-OH is 1. The van der Waals surface area contributed by atoms with Gasteiger partial charge in [0.25, 0.3) is 0 Å². The minimum absolute atomic E-state index is 0.0956. The predicted octanol–water partition coefficient (Wildman–Crippen LogP) is 2.15. The number of nitrogens with zero attached hydrogens (tertiary/aromatic N) is 2. The van der Waals surface area contributed by atoms with E-state index in [0.717, 1.165) is 11.3 Å². The van der Waals surface area contributed by atoms with Crippen LogP contribution >= 0.6 is 11.3 Å². The third-order valence-electron chi connectivity index (χ3n) is 2.68. The zero-order valence-corrected chi connectivity index (χ0v) is 12.0. The molecule has 0 aliphatic heterocycles. The first kappa shape index (κ1) is 14.5. The van der Waals surface area contributed by atoms with Crippen LogP contribution in [-0.2, 0) is 17.9 Å². The van der Waals surface area contributed by atoms with Gasteiger partial charge in [-0.2, -0.15) is 0 Å². The van der Waals surface area contributed by atoms with E-state index in [1.807, 2.05) is 34.9 Å². The van der Waals surface area contributed by atoms with Crippen LogP contribution in [0.5, 0.6) is 0 Å². The highest BCUT2D eigenvalue weighted by Gasteiger charge is 2.07. The number of rotatable bonds is 4. The Morgan fingerprint density at radius 3 is 2.80 bits per heavy atom. The molecular weight excluding hydrogens is 276 g/mol. The highest BCUT2D eigenvalue weighted by Crippen LogP contribution is 2.07. The molecule has 0 radical (unpaired) electrons. The maximum atomic E-state index is 11.5. The Morgan fingerprint density at radius 1 is 1.40 bits per heavy atom. The molecule has 0 saturated heterocycles. The minimum atomic E-state index is -0.611. The van der Waals surface area contributed by atoms with Crippen LogP contribution < -0.4 is 4.80 Å². The van der Waals surface area contributed by atoms with Gasteiger partial charge < -0.3 is 14.4 Å². The second kappa shape index (κ2) is 7.02. The van der Waals surface area contributed by atoms with Crippen LogP contribution in [0.4, 0.5) is 4.79 Å². The van der Waals surface area contributed by atoms with Crippen molar-refractivity contribution in [2.24, 2.45) is 4.99 Å². The first-order valence-electron chi connectivity index (χ1n) is 6.28. The molecule has 0 aliphatic rings. The van der Waals surface area contributed by atoms with Crippen molar-refractivity contribution in [2.75, 3.05) is 6.61 Å². The number of thiazole rings is 1. The van der Waals surface area contributed by atoms with E-state index in [1.54, 1.807) is 12.3 Å². The van der Waals surface area contributed by atoms with E-state index < -0.39 is 6.09 Å². The maximum absolute atomic E-state index is 11.5. The number of benzene rings is 1. The largest absolute Gasteiger partial charge is 0.448 e. The van der Waals surface area contributed by atoms with E-state index >= 15 is 0 Å². The Bertz CT molecular complexity index is 631. The lowest BCUT2D eigenvalue weighted by Crippen LogP contribution is -2.20. The van der Waals surface area contributed by atoms with Gasteiger partial charge in [-0.25, -0.2) is 4.79 Å². The summed E-state index contributed by atoms with van der Waals surface area (Å²) in [5.41, 5.74) is 1.80. The van der Waals surface area contributed by atoms with Crippen LogP contribution in [0.2, 0.25) is 0 Å². The summed E-state index contributed by atoms with van der Waals surface area (Å²) in [4.78, 5) is 15.9. The molecule has 5 nitrogen and oxygen atoms in total. The lowest BCUT2D eigenvalue weighted by molar-refractivity contribution is 0.162. The van der Waals surface area contributed by atoms with Gasteiger partial charge in [0.05, 0.1) is 25.5 Å². The van der Waals surface area contributed by atoms with E-state index in [9.17, 15) is 9.90 Å². The van der Waals surface area contributed by atoms with Crippen molar-refractivity contribution < 1.29 is 14.6 Å². The summed E-state index contributed by atoms with van der Waals surface area (Å²) in [6.07, 6.45) is -0.611. The Kier molecular flexibility index (Phi) is 5.09. The van der Waals surface area contributed by atoms with Crippen molar-refractivity contribution in [3.63, 3.8) is 0 Å². The third-order valence-corrected chi connectivity index (χ3v) is 3.59. The first-order chi connectivity index (χ1) is 9.74. The van der Waals surface area contributed by atoms with Crippen molar-refractivity contribution in [3.05, 3.63) is 51.8 Å². The molecule has 2 aromatic rings. The van der Waals surface area contributed by atoms with Gasteiger partial charge in [-0.1, -0.05) is 30.3 Å². The SMILES string of the molecule is CCOC(=O)N=c1scc(CO)n1Cc1ccccc1. The van der Waals surface area contributed by atoms with Crippen LogP contribution in [0.3, 0.4) is 0 Å². The number of carbonyl (C=O) groups is 1. The van der Waals surface area contributed by atoms with Crippen molar-refractivity contribution in [3.8, 4) is 0 Å². The molecule has 0 saturated carbocycles. The molecule has 2 rings (SSSR count). The standard InChI is InChI=1S/C14H16N2O3S/c1-2-19-14(18)15-13-16(12(9-17)10-20-13)8-11-6-4-3-5-7-11/h3-7,10,17H,2,8-9H2,1H3. The number of aromatic nitrogens is 1. The fourth-order valence-electron chi connectivity index (χ4n) is 1.75. The summed E-state index contributed by atoms with van der Waals surface area (Å²) in [6, 6.07) is 9.81. The number of ether oxygens (including phenoxy) is 1. The average molecular weight is 292 g/mol. The summed E-state index contributed by atoms with van der Waals surface area (Å²) < 4.78 is 6.64. The number of hydrogen-bond donors (Lipinski definition) is 1. The number of hydrogen-bond acceptors (Lipinski definition) is 4. The molecule has 1 aromatic carbocycles. The Balaban J connectivity index is 2.35. The number of amides is 1. The number of aliphatic hydroxyl groups is 1. The predicted molar refractivity (Wildman–Crippen MR) is 76.4 cm³/mol. The molecule has 1 amide bonds. The van der Waals surface area contributed by atoms with Gasteiger partial charge in [-0.05, 0) is 12.5 Å². The van der Waals surface area contributed by atoms with E-state index in [1.165, 1.54) is 11.3 Å². The topological polar surface area (TPSA) is 63.8 Å². The molecule has 0 atom stereocenters. The minimum Gasteiger partial charge on any atom is -0.448 e. The average Bonchev–Trinajstić information content (AvgIpc) is 2.82. The zero-order valence-electron chi connectivity index (χ0n) is 11.2. The van der Waals surface area contributed by atoms with E-state index in [2.05, 4.69) is 4.99 Å². The summed E-state index contributed by atoms with van der Waals surface area (Å²) in [6.45, 7) is 2.48. The van der Waals surface area contributed by atoms with E-state index in [-0.39, 0.29) is 6.61 Å². The van der Waals surface area contributed by atoms with E-state index in [0.29, 0.717) is 18.0 Å². The summed E-state index contributed by atoms with van der Waals surface area (Å²) in [5.74, 6) is 0. The molecule has 106 valence electrons. The van der Waals surface area contributed by atoms with Crippen molar-refractivity contribution in [1.82, 2.24) is 4.57 Å². The van der Waals surface area contributed by atoms with Gasteiger partial charge in [0.15, 0.2) is 4.80 Å². The van der Waals surface area contributed by atoms with Crippen LogP contribution in [0.15, 0.2) is 40.7 Å². The van der Waals surface area contributed by atoms with Crippen LogP contribution in [0.25, 0.3) is 0 Å². The van der Waals surface area contributed by atoms with Gasteiger partial charge in [0.1, 0.15) is 0 Å². The smallest absolute Gasteiger partial charge is 0.436 e. The Morgan fingerprint density at radius 2 is 2.15 bits per heavy atom. The van der Waals surface area contributed by atoms with Gasteiger partial charge in [-0.15, -0.1) is 16.3 Å². The van der Waals surface area contributed by atoms with Gasteiger partial charge in [0, 0.05) is 5.38 Å². The van der Waals surface area contributed by atoms with Crippen LogP contribution in [-0.4, -0.2) is 22.4 Å². The highest BCUT2D eigenvalue weighted by molar-refractivity contribution is 7.07. The quantitative estimate of drug-likeness (QED) is 0.939. The van der Waals surface area contributed by atoms with Crippen molar-refractivity contribution >= 4 is 17.4 Å². The van der Waals surface area contributed by atoms with Crippen LogP contribution in [0, 0.1) is 0 Å². The monoisotopic (exact) mass is 292 g/mol. The van der Waals surface area contributed by atoms with Gasteiger partial charge in [0.2, 0.25) is 0 Å². The molecule has 0 unspecified atom stereocenters. The molecule has 1 heterocycles. The van der Waals surface area contributed by atoms with Crippen LogP contribution in [0.1, 0.15) is 18.2 Å². The summed E-state index contributed by atoms with van der Waals surface area (Å²) in [5, 5.41) is 11.2. The molecule has 0 aliphatic carbocycles. The zero-order chi connectivity index (χ0) is 14.4. The molecular formula is C14H16N2O3S. The lowest BCUT2D eigenvalue weighted by atomic mass is 10.2. The second-order valence-corrected chi connectivity index (χ2v) is 4.89. The summed E-state index contributed by atoms with van der Waals surface area (Å²) >= 11 is 1.31. The second-order valence-electron chi connectivity index (χ2n) is 4.05. The molecule has 20 heavy (non-hydrogen) atoms. The van der Waals surface area contributed by atoms with E-state index in [4.69, 9.17) is 4.74 Å². The summed E-state index contributed by atoms with van der Waals surface area (Å²) in [7, 11) is 0. The van der Waals surface area contributed by atoms with Crippen molar-refractivity contribution in [2.45, 2.75) is 20.1 Å². The van der Waals surface area contributed by atoms with Gasteiger partial charge in [-0.3, -0.25) is 0 Å². The maximum Gasteiger partial charge on any atom is 0.436 e. The van der Waals surface area contributed by atoms with Crippen molar-refractivity contribution in [1.29, 1.82) is 0 Å². The third kappa shape index (κ3) is 3.55. The Hall–Kier alpha value is -1.92. The molecule has 1 aromatic heterocycles. The highest BCUT2D eigenvalue weighted by atomic mass is 32.1. The fraction of sp³-hybridized carbons (Fsp3) is 0.286. The Labute approximate surface area is 120 Å². The first-order valence-corrected chi connectivity index (χ1v) is 7.16. The molecule has 0 spiro atoms. The molecule has 1 N–H and O–H groups in total. The normalized spacial score (nSPS) is 11.6.